The molecule has 7 heteroatoms. The molecule has 2 aliphatic heterocycles. The molecule has 0 atom stereocenters. The highest BCUT2D eigenvalue weighted by Crippen LogP contribution is 2.23. The molecule has 2 aliphatic rings. The van der Waals surface area contributed by atoms with Crippen molar-refractivity contribution in [3.8, 4) is 0 Å². The van der Waals surface area contributed by atoms with Crippen LogP contribution in [0.5, 0.6) is 0 Å². The first-order valence-corrected chi connectivity index (χ1v) is 8.01. The molecule has 0 saturated carbocycles. The van der Waals surface area contributed by atoms with Gasteiger partial charge >= 0.3 is 0 Å². The highest BCUT2D eigenvalue weighted by Gasteiger charge is 2.38. The van der Waals surface area contributed by atoms with E-state index >= 15 is 0 Å². The Morgan fingerprint density at radius 1 is 1.11 bits per heavy atom. The molecule has 0 unspecified atom stereocenters. The normalized spacial score (nSPS) is 26.1. The minimum Gasteiger partial charge on any atom is -0.381 e. The van der Waals surface area contributed by atoms with Crippen molar-refractivity contribution in [2.45, 2.75) is 36.5 Å². The van der Waals surface area contributed by atoms with Crippen molar-refractivity contribution < 1.29 is 17.9 Å². The number of ether oxygens (including phenoxy) is 2. The number of hydrogen-bond acceptors (Lipinski definition) is 5. The van der Waals surface area contributed by atoms with Crippen LogP contribution in [0.3, 0.4) is 0 Å². The first-order chi connectivity index (χ1) is 8.58. The van der Waals surface area contributed by atoms with Gasteiger partial charge < -0.3 is 15.2 Å². The fourth-order valence-electron chi connectivity index (χ4n) is 2.48. The lowest BCUT2D eigenvalue weighted by Gasteiger charge is -2.38. The second-order valence-corrected chi connectivity index (χ2v) is 7.02. The zero-order valence-electron chi connectivity index (χ0n) is 10.6. The van der Waals surface area contributed by atoms with Crippen LogP contribution in [0.25, 0.3) is 0 Å². The van der Waals surface area contributed by atoms with E-state index in [9.17, 15) is 8.42 Å². The fraction of sp³-hybridized carbons (Fsp3) is 1.00. The Hall–Kier alpha value is -0.210. The molecule has 0 aromatic rings. The molecule has 106 valence electrons. The van der Waals surface area contributed by atoms with Gasteiger partial charge in [-0.3, -0.25) is 0 Å². The average Bonchev–Trinajstić information content (AvgIpc) is 2.40. The molecule has 2 heterocycles. The van der Waals surface area contributed by atoms with Crippen LogP contribution < -0.4 is 10.5 Å². The number of nitrogens with one attached hydrogen (secondary N) is 1. The molecule has 18 heavy (non-hydrogen) atoms. The maximum Gasteiger partial charge on any atom is 0.215 e. The Balaban J connectivity index is 2.05. The summed E-state index contributed by atoms with van der Waals surface area (Å²) in [5.74, 6) is 0. The van der Waals surface area contributed by atoms with Crippen molar-refractivity contribution in [2.24, 2.45) is 5.73 Å². The number of hydrogen-bond donors (Lipinski definition) is 2. The molecule has 3 N–H and O–H groups in total. The lowest BCUT2D eigenvalue weighted by atomic mass is 9.92. The molecule has 0 aromatic heterocycles. The summed E-state index contributed by atoms with van der Waals surface area (Å²) in [6, 6.07) is 0. The summed E-state index contributed by atoms with van der Waals surface area (Å²) in [7, 11) is -3.32. The summed E-state index contributed by atoms with van der Waals surface area (Å²) in [4.78, 5) is 0. The first-order valence-electron chi connectivity index (χ1n) is 6.46. The molecule has 0 bridgehead atoms. The van der Waals surface area contributed by atoms with E-state index < -0.39 is 15.6 Å². The molecular formula is C11H22N2O4S. The zero-order chi connectivity index (χ0) is 13.1. The van der Waals surface area contributed by atoms with Gasteiger partial charge in [0.05, 0.1) is 5.25 Å². The Morgan fingerprint density at radius 3 is 2.22 bits per heavy atom. The van der Waals surface area contributed by atoms with E-state index in [1.54, 1.807) is 0 Å². The van der Waals surface area contributed by atoms with Crippen LogP contribution in [0.4, 0.5) is 0 Å². The van der Waals surface area contributed by atoms with Crippen molar-refractivity contribution in [2.75, 3.05) is 33.0 Å². The second kappa shape index (κ2) is 5.83. The molecule has 2 saturated heterocycles. The maximum absolute atomic E-state index is 12.4. The number of sulfonamides is 1. The van der Waals surface area contributed by atoms with Gasteiger partial charge in [0.1, 0.15) is 0 Å². The van der Waals surface area contributed by atoms with Gasteiger partial charge in [-0.05, 0) is 25.7 Å². The summed E-state index contributed by atoms with van der Waals surface area (Å²) in [5.41, 5.74) is 5.25. The van der Waals surface area contributed by atoms with E-state index in [1.807, 2.05) is 0 Å². The maximum atomic E-state index is 12.4. The third kappa shape index (κ3) is 3.21. The molecule has 2 rings (SSSR count). The van der Waals surface area contributed by atoms with Gasteiger partial charge in [-0.15, -0.1) is 0 Å². The van der Waals surface area contributed by atoms with Crippen molar-refractivity contribution in [1.82, 2.24) is 4.72 Å². The van der Waals surface area contributed by atoms with E-state index in [2.05, 4.69) is 4.72 Å². The Kier molecular flexibility index (Phi) is 4.60. The van der Waals surface area contributed by atoms with Gasteiger partial charge in [0.25, 0.3) is 0 Å². The predicted molar refractivity (Wildman–Crippen MR) is 67.7 cm³/mol. The van der Waals surface area contributed by atoms with Crippen LogP contribution in [0.2, 0.25) is 0 Å². The summed E-state index contributed by atoms with van der Waals surface area (Å²) in [6.07, 6.45) is 2.41. The largest absolute Gasteiger partial charge is 0.381 e. The third-order valence-corrected chi connectivity index (χ3v) is 5.87. The molecule has 2 fully saturated rings. The first kappa shape index (κ1) is 14.2. The van der Waals surface area contributed by atoms with E-state index in [1.165, 1.54) is 0 Å². The van der Waals surface area contributed by atoms with Crippen LogP contribution in [0, 0.1) is 0 Å². The van der Waals surface area contributed by atoms with E-state index in [0.717, 1.165) is 0 Å². The number of rotatable bonds is 4. The van der Waals surface area contributed by atoms with Crippen LogP contribution >= 0.6 is 0 Å². The van der Waals surface area contributed by atoms with Gasteiger partial charge in [0, 0.05) is 38.5 Å². The smallest absolute Gasteiger partial charge is 0.215 e. The highest BCUT2D eigenvalue weighted by molar-refractivity contribution is 7.90. The quantitative estimate of drug-likeness (QED) is 0.730. The van der Waals surface area contributed by atoms with Crippen molar-refractivity contribution in [3.05, 3.63) is 0 Å². The third-order valence-electron chi connectivity index (χ3n) is 3.81. The van der Waals surface area contributed by atoms with Crippen molar-refractivity contribution in [3.63, 3.8) is 0 Å². The molecule has 0 aliphatic carbocycles. The van der Waals surface area contributed by atoms with E-state index in [0.29, 0.717) is 58.7 Å². The van der Waals surface area contributed by atoms with Gasteiger partial charge in [0.2, 0.25) is 10.0 Å². The van der Waals surface area contributed by atoms with Crippen molar-refractivity contribution in [1.29, 1.82) is 0 Å². The molecular weight excluding hydrogens is 256 g/mol. The molecule has 0 amide bonds. The van der Waals surface area contributed by atoms with Gasteiger partial charge in [-0.25, -0.2) is 13.1 Å². The van der Waals surface area contributed by atoms with Crippen molar-refractivity contribution >= 4 is 10.0 Å². The molecule has 0 spiro atoms. The standard InChI is InChI=1S/C11H22N2O4S/c12-9-11(3-7-17-8-4-11)13-18(14,15)10-1-5-16-6-2-10/h10,13H,1-9,12H2. The minimum atomic E-state index is -3.32. The summed E-state index contributed by atoms with van der Waals surface area (Å²) in [5, 5.41) is -0.350. The lowest BCUT2D eigenvalue weighted by Crippen LogP contribution is -2.58. The number of nitrogens with two attached hydrogens (primary N) is 1. The highest BCUT2D eigenvalue weighted by atomic mass is 32.2. The van der Waals surface area contributed by atoms with E-state index in [4.69, 9.17) is 15.2 Å². The minimum absolute atomic E-state index is 0.318. The average molecular weight is 278 g/mol. The monoisotopic (exact) mass is 278 g/mol. The Labute approximate surface area is 108 Å². The van der Waals surface area contributed by atoms with Crippen LogP contribution in [0.15, 0.2) is 0 Å². The SMILES string of the molecule is NCC1(NS(=O)(=O)C2CCOCC2)CCOCC1. The molecule has 6 nitrogen and oxygen atoms in total. The summed E-state index contributed by atoms with van der Waals surface area (Å²) >= 11 is 0. The zero-order valence-corrected chi connectivity index (χ0v) is 11.4. The van der Waals surface area contributed by atoms with Gasteiger partial charge in [0.15, 0.2) is 0 Å². The van der Waals surface area contributed by atoms with Crippen LogP contribution in [-0.2, 0) is 19.5 Å². The summed E-state index contributed by atoms with van der Waals surface area (Å²) < 4.78 is 38.0. The van der Waals surface area contributed by atoms with Crippen LogP contribution in [-0.4, -0.2) is 52.2 Å². The lowest BCUT2D eigenvalue weighted by molar-refractivity contribution is 0.0496. The fourth-order valence-corrected chi connectivity index (χ4v) is 4.35. The molecule has 0 aromatic carbocycles. The summed E-state index contributed by atoms with van der Waals surface area (Å²) in [6.45, 7) is 2.48. The van der Waals surface area contributed by atoms with Crippen LogP contribution in [0.1, 0.15) is 25.7 Å². The Morgan fingerprint density at radius 2 is 1.67 bits per heavy atom. The topological polar surface area (TPSA) is 90.7 Å². The van der Waals surface area contributed by atoms with Gasteiger partial charge in [-0.1, -0.05) is 0 Å². The molecule has 0 radical (unpaired) electrons. The second-order valence-electron chi connectivity index (χ2n) is 5.06. The predicted octanol–water partition coefficient (Wildman–Crippen LogP) is -0.407. The van der Waals surface area contributed by atoms with Gasteiger partial charge in [-0.2, -0.15) is 0 Å². The Bertz CT molecular complexity index is 359. The van der Waals surface area contributed by atoms with E-state index in [-0.39, 0.29) is 5.25 Å².